The summed E-state index contributed by atoms with van der Waals surface area (Å²) in [6.45, 7) is 4.40. The Kier molecular flexibility index (Phi) is 4.05. The number of nitrogens with zero attached hydrogens (tertiary/aromatic N) is 1. The summed E-state index contributed by atoms with van der Waals surface area (Å²) in [6, 6.07) is 13.8. The number of hydrogen-bond donors (Lipinski definition) is 1. The number of thiophene rings is 1. The van der Waals surface area contributed by atoms with E-state index < -0.39 is 0 Å². The highest BCUT2D eigenvalue weighted by Gasteiger charge is 2.33. The van der Waals surface area contributed by atoms with E-state index >= 15 is 0 Å². The minimum Gasteiger partial charge on any atom is -0.299 e. The second-order valence-electron chi connectivity index (χ2n) is 6.24. The Morgan fingerprint density at radius 2 is 2.00 bits per heavy atom. The highest BCUT2D eigenvalue weighted by atomic mass is 32.1. The molecule has 1 N–H and O–H groups in total. The highest BCUT2D eigenvalue weighted by molar-refractivity contribution is 7.10. The zero-order valence-electron chi connectivity index (χ0n) is 13.3. The Hall–Kier alpha value is -1.49. The number of aryl methyl sites for hydroxylation is 1. The lowest BCUT2D eigenvalue weighted by atomic mass is 9.86. The molecule has 3 aromatic rings. The zero-order valence-corrected chi connectivity index (χ0v) is 15.0. The maximum absolute atomic E-state index is 4.72. The molecule has 2 nitrogen and oxygen atoms in total. The van der Waals surface area contributed by atoms with Crippen molar-refractivity contribution >= 4 is 22.7 Å². The second kappa shape index (κ2) is 6.19. The van der Waals surface area contributed by atoms with Crippen molar-refractivity contribution in [3.05, 3.63) is 73.9 Å². The van der Waals surface area contributed by atoms with E-state index in [1.807, 2.05) is 11.3 Å². The molecule has 3 heterocycles. The number of thiazole rings is 1. The summed E-state index contributed by atoms with van der Waals surface area (Å²) in [5.74, 6) is 0.442. The molecule has 118 valence electrons. The molecule has 0 fully saturated rings. The molecule has 1 aliphatic heterocycles. The Labute approximate surface area is 145 Å². The number of hydrogen-bond acceptors (Lipinski definition) is 4. The lowest BCUT2D eigenvalue weighted by Gasteiger charge is -2.34. The molecule has 0 saturated carbocycles. The number of benzene rings is 1. The summed E-state index contributed by atoms with van der Waals surface area (Å²) in [5, 5.41) is 9.47. The van der Waals surface area contributed by atoms with Crippen LogP contribution in [0.5, 0.6) is 0 Å². The third-order valence-corrected chi connectivity index (χ3v) is 6.75. The van der Waals surface area contributed by atoms with Gasteiger partial charge in [0.25, 0.3) is 0 Å². The predicted molar refractivity (Wildman–Crippen MR) is 98.3 cm³/mol. The molecule has 4 rings (SSSR count). The van der Waals surface area contributed by atoms with Crippen molar-refractivity contribution in [3.63, 3.8) is 0 Å². The molecule has 0 unspecified atom stereocenters. The molecule has 0 radical (unpaired) electrons. The predicted octanol–water partition coefficient (Wildman–Crippen LogP) is 5.24. The van der Waals surface area contributed by atoms with Gasteiger partial charge in [-0.05, 0) is 35.9 Å². The van der Waals surface area contributed by atoms with Gasteiger partial charge < -0.3 is 0 Å². The van der Waals surface area contributed by atoms with Crippen molar-refractivity contribution in [2.24, 2.45) is 0 Å². The first-order valence-corrected chi connectivity index (χ1v) is 9.77. The Morgan fingerprint density at radius 3 is 2.74 bits per heavy atom. The quantitative estimate of drug-likeness (QED) is 0.705. The van der Waals surface area contributed by atoms with Gasteiger partial charge in [0.2, 0.25) is 0 Å². The normalized spacial score (nSPS) is 21.8. The fourth-order valence-electron chi connectivity index (χ4n) is 3.37. The van der Waals surface area contributed by atoms with E-state index in [4.69, 9.17) is 4.98 Å². The van der Waals surface area contributed by atoms with E-state index in [1.54, 1.807) is 11.3 Å². The third kappa shape index (κ3) is 2.87. The van der Waals surface area contributed by atoms with E-state index in [-0.39, 0.29) is 0 Å². The molecule has 2 aromatic heterocycles. The van der Waals surface area contributed by atoms with Crippen LogP contribution in [0.4, 0.5) is 0 Å². The number of fused-ring (bicyclic) bond motifs is 1. The lowest BCUT2D eigenvalue weighted by Crippen LogP contribution is -2.35. The second-order valence-corrected chi connectivity index (χ2v) is 8.07. The van der Waals surface area contributed by atoms with Crippen molar-refractivity contribution in [2.75, 3.05) is 0 Å². The van der Waals surface area contributed by atoms with E-state index in [0.717, 1.165) is 12.1 Å². The van der Waals surface area contributed by atoms with Gasteiger partial charge in [0.05, 0.1) is 6.04 Å². The number of aromatic nitrogens is 1. The molecule has 4 heteroatoms. The first-order valence-electron chi connectivity index (χ1n) is 8.01. The van der Waals surface area contributed by atoms with Gasteiger partial charge in [-0.25, -0.2) is 4.98 Å². The van der Waals surface area contributed by atoms with Crippen LogP contribution in [0.3, 0.4) is 0 Å². The van der Waals surface area contributed by atoms with Crippen molar-refractivity contribution in [1.82, 2.24) is 10.3 Å². The minimum atomic E-state index is 0.326. The zero-order chi connectivity index (χ0) is 15.8. The van der Waals surface area contributed by atoms with Crippen LogP contribution >= 0.6 is 22.7 Å². The van der Waals surface area contributed by atoms with Gasteiger partial charge in [0.1, 0.15) is 5.01 Å². The molecule has 0 aliphatic carbocycles. The number of rotatable bonds is 3. The van der Waals surface area contributed by atoms with E-state index in [0.29, 0.717) is 18.0 Å². The van der Waals surface area contributed by atoms with E-state index in [9.17, 15) is 0 Å². The summed E-state index contributed by atoms with van der Waals surface area (Å²) in [4.78, 5) is 6.21. The van der Waals surface area contributed by atoms with Crippen LogP contribution in [0.1, 0.15) is 51.6 Å². The topological polar surface area (TPSA) is 24.9 Å². The fraction of sp³-hybridized carbons (Fsp3) is 0.316. The summed E-state index contributed by atoms with van der Waals surface area (Å²) >= 11 is 3.65. The maximum atomic E-state index is 4.72. The summed E-state index contributed by atoms with van der Waals surface area (Å²) in [6.07, 6.45) is 1.05. The lowest BCUT2D eigenvalue weighted by molar-refractivity contribution is 0.378. The molecule has 0 amide bonds. The van der Waals surface area contributed by atoms with Crippen molar-refractivity contribution < 1.29 is 0 Å². The van der Waals surface area contributed by atoms with Crippen LogP contribution in [0, 0.1) is 6.92 Å². The average molecular weight is 341 g/mol. The van der Waals surface area contributed by atoms with Crippen LogP contribution in [0.2, 0.25) is 0 Å². The van der Waals surface area contributed by atoms with Gasteiger partial charge in [0, 0.05) is 27.9 Å². The Balaban J connectivity index is 1.68. The molecule has 3 atom stereocenters. The van der Waals surface area contributed by atoms with Crippen LogP contribution in [0.15, 0.2) is 47.2 Å². The molecule has 23 heavy (non-hydrogen) atoms. The van der Waals surface area contributed by atoms with Crippen molar-refractivity contribution in [3.8, 4) is 0 Å². The highest BCUT2D eigenvalue weighted by Crippen LogP contribution is 2.42. The molecule has 1 aliphatic rings. The smallest absolute Gasteiger partial charge is 0.110 e. The van der Waals surface area contributed by atoms with Gasteiger partial charge in [-0.15, -0.1) is 22.7 Å². The third-order valence-electron chi connectivity index (χ3n) is 4.63. The van der Waals surface area contributed by atoms with Crippen LogP contribution in [-0.4, -0.2) is 4.98 Å². The van der Waals surface area contributed by atoms with Gasteiger partial charge in [-0.2, -0.15) is 0 Å². The van der Waals surface area contributed by atoms with Crippen LogP contribution in [0.25, 0.3) is 0 Å². The molecule has 1 aromatic carbocycles. The standard InChI is InChI=1S/C19H20N2S2/c1-12-11-23-19(20-12)16-10-15-8-9-22-18(15)17(21-16)13(2)14-6-4-3-5-7-14/h3-9,11,13,16-17,21H,10H2,1-2H3/t13-,16+,17+/m0/s1. The molecular formula is C19H20N2S2. The summed E-state index contributed by atoms with van der Waals surface area (Å²) in [7, 11) is 0. The average Bonchev–Trinajstić information content (AvgIpc) is 3.22. The van der Waals surface area contributed by atoms with Crippen LogP contribution < -0.4 is 5.32 Å². The first-order chi connectivity index (χ1) is 11.2. The molecule has 0 bridgehead atoms. The maximum Gasteiger partial charge on any atom is 0.110 e. The number of nitrogens with one attached hydrogen (secondary N) is 1. The largest absolute Gasteiger partial charge is 0.299 e. The summed E-state index contributed by atoms with van der Waals surface area (Å²) in [5.41, 5.74) is 4.00. The fourth-order valence-corrected chi connectivity index (χ4v) is 5.33. The van der Waals surface area contributed by atoms with Gasteiger partial charge in [-0.3, -0.25) is 5.32 Å². The Bertz CT molecular complexity index is 791. The van der Waals surface area contributed by atoms with E-state index in [2.05, 4.69) is 66.3 Å². The monoisotopic (exact) mass is 340 g/mol. The summed E-state index contributed by atoms with van der Waals surface area (Å²) < 4.78 is 0. The molecular weight excluding hydrogens is 320 g/mol. The van der Waals surface area contributed by atoms with Crippen molar-refractivity contribution in [2.45, 2.75) is 38.3 Å². The SMILES string of the molecule is Cc1csc([C@H]2Cc3ccsc3[C@@H]([C@@H](C)c3ccccc3)N2)n1. The van der Waals surface area contributed by atoms with Crippen LogP contribution in [-0.2, 0) is 6.42 Å². The minimum absolute atomic E-state index is 0.326. The van der Waals surface area contributed by atoms with E-state index in [1.165, 1.54) is 21.0 Å². The first kappa shape index (κ1) is 15.1. The molecule has 0 spiro atoms. The Morgan fingerprint density at radius 1 is 1.17 bits per heavy atom. The van der Waals surface area contributed by atoms with Gasteiger partial charge >= 0.3 is 0 Å². The van der Waals surface area contributed by atoms with Gasteiger partial charge in [-0.1, -0.05) is 37.3 Å². The van der Waals surface area contributed by atoms with Gasteiger partial charge in [0.15, 0.2) is 0 Å². The molecule has 0 saturated heterocycles. The van der Waals surface area contributed by atoms with Crippen molar-refractivity contribution in [1.29, 1.82) is 0 Å².